The second-order valence-electron chi connectivity index (χ2n) is 7.95. The molecule has 7 heteroatoms. The first kappa shape index (κ1) is 20.3. The minimum Gasteiger partial charge on any atom is -0.347 e. The van der Waals surface area contributed by atoms with Crippen LogP contribution in [0.1, 0.15) is 36.7 Å². The van der Waals surface area contributed by atoms with Crippen LogP contribution in [0.2, 0.25) is 0 Å². The number of para-hydroxylation sites is 2. The minimum atomic E-state index is -0.420. The molecule has 1 heterocycles. The molecule has 0 radical (unpaired) electrons. The third-order valence-corrected chi connectivity index (χ3v) is 4.30. The molecular formula is C22H24N4O3. The average molecular weight is 392 g/mol. The second-order valence-corrected chi connectivity index (χ2v) is 7.95. The highest BCUT2D eigenvalue weighted by molar-refractivity contribution is 6.04. The molecular weight excluding hydrogens is 368 g/mol. The van der Waals surface area contributed by atoms with Crippen LogP contribution in [0.5, 0.6) is 0 Å². The highest BCUT2D eigenvalue weighted by Crippen LogP contribution is 2.16. The van der Waals surface area contributed by atoms with Crippen molar-refractivity contribution in [2.24, 2.45) is 0 Å². The van der Waals surface area contributed by atoms with Gasteiger partial charge < -0.3 is 10.6 Å². The van der Waals surface area contributed by atoms with Crippen LogP contribution >= 0.6 is 0 Å². The Hall–Kier alpha value is -3.48. The first-order valence-electron chi connectivity index (χ1n) is 9.32. The summed E-state index contributed by atoms with van der Waals surface area (Å²) in [6, 6.07) is 12.1. The Labute approximate surface area is 168 Å². The lowest BCUT2D eigenvalue weighted by atomic mass is 10.1. The van der Waals surface area contributed by atoms with Crippen molar-refractivity contribution in [3.05, 3.63) is 70.3 Å². The fraction of sp³-hybridized carbons (Fsp3) is 0.273. The summed E-state index contributed by atoms with van der Waals surface area (Å²) in [5.74, 6) is -0.703. The van der Waals surface area contributed by atoms with Gasteiger partial charge in [-0.1, -0.05) is 24.3 Å². The minimum absolute atomic E-state index is 0.203. The monoisotopic (exact) mass is 392 g/mol. The molecule has 2 amide bonds. The summed E-state index contributed by atoms with van der Waals surface area (Å²) in [6.07, 6.45) is 1.37. The average Bonchev–Trinajstić information content (AvgIpc) is 2.63. The van der Waals surface area contributed by atoms with E-state index in [0.29, 0.717) is 22.2 Å². The SMILES string of the molecule is Cc1cccc2c(=O)n(CC(=O)Nc3ccccc3C(=O)NC(C)(C)C)cnc12. The molecule has 0 aliphatic heterocycles. The topological polar surface area (TPSA) is 93.1 Å². The Kier molecular flexibility index (Phi) is 5.50. The standard InChI is InChI=1S/C22H24N4O3/c1-14-8-7-10-16-19(14)23-13-26(21(16)29)12-18(27)24-17-11-6-5-9-15(17)20(28)25-22(2,3)4/h5-11,13H,12H2,1-4H3,(H,24,27)(H,25,28). The molecule has 0 spiro atoms. The van der Waals surface area contributed by atoms with Crippen LogP contribution in [0.3, 0.4) is 0 Å². The van der Waals surface area contributed by atoms with Crippen molar-refractivity contribution in [1.82, 2.24) is 14.9 Å². The number of fused-ring (bicyclic) bond motifs is 1. The number of nitrogens with zero attached hydrogens (tertiary/aromatic N) is 2. The van der Waals surface area contributed by atoms with Crippen LogP contribution in [-0.4, -0.2) is 26.9 Å². The van der Waals surface area contributed by atoms with Crippen LogP contribution < -0.4 is 16.2 Å². The predicted octanol–water partition coefficient (Wildman–Crippen LogP) is 2.87. The van der Waals surface area contributed by atoms with Crippen molar-refractivity contribution >= 4 is 28.4 Å². The second kappa shape index (κ2) is 7.87. The zero-order chi connectivity index (χ0) is 21.2. The number of hydrogen-bond acceptors (Lipinski definition) is 4. The molecule has 150 valence electrons. The van der Waals surface area contributed by atoms with Gasteiger partial charge in [-0.25, -0.2) is 4.98 Å². The Morgan fingerprint density at radius 2 is 1.79 bits per heavy atom. The number of benzene rings is 2. The maximum Gasteiger partial charge on any atom is 0.261 e. The molecule has 0 aliphatic carbocycles. The number of aromatic nitrogens is 2. The molecule has 0 aliphatic rings. The highest BCUT2D eigenvalue weighted by Gasteiger charge is 2.19. The smallest absolute Gasteiger partial charge is 0.261 e. The summed E-state index contributed by atoms with van der Waals surface area (Å²) in [5.41, 5.74) is 1.57. The van der Waals surface area contributed by atoms with Crippen molar-refractivity contribution in [3.8, 4) is 0 Å². The van der Waals surface area contributed by atoms with Crippen LogP contribution in [-0.2, 0) is 11.3 Å². The van der Waals surface area contributed by atoms with Crippen LogP contribution in [0.4, 0.5) is 5.69 Å². The quantitative estimate of drug-likeness (QED) is 0.714. The fourth-order valence-corrected chi connectivity index (χ4v) is 2.99. The molecule has 2 N–H and O–H groups in total. The van der Waals surface area contributed by atoms with Crippen molar-refractivity contribution < 1.29 is 9.59 Å². The first-order chi connectivity index (χ1) is 13.7. The molecule has 3 rings (SSSR count). The van der Waals surface area contributed by atoms with E-state index in [1.165, 1.54) is 10.9 Å². The van der Waals surface area contributed by atoms with Crippen molar-refractivity contribution in [3.63, 3.8) is 0 Å². The largest absolute Gasteiger partial charge is 0.347 e. The van der Waals surface area contributed by atoms with E-state index in [1.807, 2.05) is 33.8 Å². The molecule has 0 fully saturated rings. The number of aryl methyl sites for hydroxylation is 1. The Balaban J connectivity index is 1.82. The zero-order valence-corrected chi connectivity index (χ0v) is 16.9. The summed E-state index contributed by atoms with van der Waals surface area (Å²) in [4.78, 5) is 42.1. The van der Waals surface area contributed by atoms with E-state index in [-0.39, 0.29) is 18.0 Å². The van der Waals surface area contributed by atoms with E-state index in [2.05, 4.69) is 15.6 Å². The first-order valence-corrected chi connectivity index (χ1v) is 9.32. The van der Waals surface area contributed by atoms with E-state index in [1.54, 1.807) is 36.4 Å². The fourth-order valence-electron chi connectivity index (χ4n) is 2.99. The van der Waals surface area contributed by atoms with E-state index in [0.717, 1.165) is 5.56 Å². The summed E-state index contributed by atoms with van der Waals surface area (Å²) in [7, 11) is 0. The summed E-state index contributed by atoms with van der Waals surface area (Å²) >= 11 is 0. The van der Waals surface area contributed by atoms with Crippen molar-refractivity contribution in [2.75, 3.05) is 5.32 Å². The number of nitrogens with one attached hydrogen (secondary N) is 2. The lowest BCUT2D eigenvalue weighted by Crippen LogP contribution is -2.41. The number of amides is 2. The Bertz CT molecular complexity index is 1140. The van der Waals surface area contributed by atoms with Gasteiger partial charge in [0.05, 0.1) is 28.5 Å². The van der Waals surface area contributed by atoms with Crippen LogP contribution in [0.25, 0.3) is 10.9 Å². The number of carbonyl (C=O) groups excluding carboxylic acids is 2. The van der Waals surface area contributed by atoms with E-state index in [4.69, 9.17) is 0 Å². The molecule has 1 aromatic heterocycles. The number of carbonyl (C=O) groups is 2. The molecule has 0 bridgehead atoms. The Morgan fingerprint density at radius 3 is 2.52 bits per heavy atom. The van der Waals surface area contributed by atoms with Gasteiger partial charge in [0.15, 0.2) is 0 Å². The maximum absolute atomic E-state index is 12.7. The van der Waals surface area contributed by atoms with Gasteiger partial charge in [-0.05, 0) is 51.5 Å². The van der Waals surface area contributed by atoms with E-state index in [9.17, 15) is 14.4 Å². The lowest BCUT2D eigenvalue weighted by Gasteiger charge is -2.21. The molecule has 0 unspecified atom stereocenters. The zero-order valence-electron chi connectivity index (χ0n) is 16.9. The third-order valence-electron chi connectivity index (χ3n) is 4.30. The van der Waals surface area contributed by atoms with Crippen molar-refractivity contribution in [1.29, 1.82) is 0 Å². The molecule has 2 aromatic carbocycles. The molecule has 0 atom stereocenters. The lowest BCUT2D eigenvalue weighted by molar-refractivity contribution is -0.116. The van der Waals surface area contributed by atoms with Gasteiger partial charge in [-0.15, -0.1) is 0 Å². The van der Waals surface area contributed by atoms with Gasteiger partial charge in [-0.2, -0.15) is 0 Å². The number of rotatable bonds is 4. The number of anilines is 1. The Morgan fingerprint density at radius 1 is 1.07 bits per heavy atom. The molecule has 29 heavy (non-hydrogen) atoms. The van der Waals surface area contributed by atoms with Gasteiger partial charge in [0.2, 0.25) is 5.91 Å². The molecule has 0 saturated carbocycles. The molecule has 0 saturated heterocycles. The van der Waals surface area contributed by atoms with Crippen LogP contribution in [0, 0.1) is 6.92 Å². The summed E-state index contributed by atoms with van der Waals surface area (Å²) in [5, 5.41) is 6.07. The van der Waals surface area contributed by atoms with Gasteiger partial charge >= 0.3 is 0 Å². The maximum atomic E-state index is 12.7. The summed E-state index contributed by atoms with van der Waals surface area (Å²) in [6.45, 7) is 7.32. The van der Waals surface area contributed by atoms with E-state index < -0.39 is 11.4 Å². The molecule has 7 nitrogen and oxygen atoms in total. The highest BCUT2D eigenvalue weighted by atomic mass is 16.2. The van der Waals surface area contributed by atoms with Gasteiger partial charge in [0.25, 0.3) is 11.5 Å². The van der Waals surface area contributed by atoms with E-state index >= 15 is 0 Å². The normalized spacial score (nSPS) is 11.3. The van der Waals surface area contributed by atoms with Gasteiger partial charge in [0, 0.05) is 5.54 Å². The third kappa shape index (κ3) is 4.68. The summed E-state index contributed by atoms with van der Waals surface area (Å²) < 4.78 is 1.26. The van der Waals surface area contributed by atoms with Crippen molar-refractivity contribution in [2.45, 2.75) is 39.8 Å². The van der Waals surface area contributed by atoms with Gasteiger partial charge in [-0.3, -0.25) is 19.0 Å². The predicted molar refractivity (Wildman–Crippen MR) is 113 cm³/mol. The van der Waals surface area contributed by atoms with Gasteiger partial charge in [0.1, 0.15) is 6.54 Å². The molecule has 3 aromatic rings. The number of hydrogen-bond donors (Lipinski definition) is 2. The van der Waals surface area contributed by atoms with Crippen LogP contribution in [0.15, 0.2) is 53.6 Å².